The highest BCUT2D eigenvalue weighted by Gasteiger charge is 2.16. The van der Waals surface area contributed by atoms with Crippen molar-refractivity contribution in [1.82, 2.24) is 29.4 Å². The molecule has 0 saturated heterocycles. The van der Waals surface area contributed by atoms with Crippen LogP contribution in [-0.4, -0.2) is 35.3 Å². The van der Waals surface area contributed by atoms with Crippen LogP contribution in [0.4, 0.5) is 5.95 Å². The highest BCUT2D eigenvalue weighted by Crippen LogP contribution is 2.25. The first kappa shape index (κ1) is 16.5. The average Bonchev–Trinajstić information content (AvgIpc) is 3.25. The number of fused-ring (bicyclic) bond motifs is 1. The molecule has 130 valence electrons. The second kappa shape index (κ2) is 6.74. The summed E-state index contributed by atoms with van der Waals surface area (Å²) in [6.07, 6.45) is 6.23. The van der Waals surface area contributed by atoms with Crippen LogP contribution in [0.2, 0.25) is 10.0 Å². The number of hydrogen-bond donors (Lipinski definition) is 1. The lowest BCUT2D eigenvalue weighted by molar-refractivity contribution is 0.102. The zero-order chi connectivity index (χ0) is 18.1. The first-order valence-electron chi connectivity index (χ1n) is 7.54. The van der Waals surface area contributed by atoms with Crippen LogP contribution >= 0.6 is 23.2 Å². The third-order valence-electron chi connectivity index (χ3n) is 3.67. The van der Waals surface area contributed by atoms with Gasteiger partial charge in [-0.25, -0.2) is 19.2 Å². The lowest BCUT2D eigenvalue weighted by Crippen LogP contribution is -2.13. The van der Waals surface area contributed by atoms with E-state index in [1.807, 2.05) is 0 Å². The highest BCUT2D eigenvalue weighted by atomic mass is 35.5. The molecular weight excluding hydrogens is 377 g/mol. The van der Waals surface area contributed by atoms with Crippen molar-refractivity contribution in [3.63, 3.8) is 0 Å². The summed E-state index contributed by atoms with van der Waals surface area (Å²) >= 11 is 12.3. The summed E-state index contributed by atoms with van der Waals surface area (Å²) in [5, 5.41) is 12.0. The summed E-state index contributed by atoms with van der Waals surface area (Å²) < 4.78 is 3.05. The number of nitrogens with one attached hydrogen (secondary N) is 1. The van der Waals surface area contributed by atoms with Crippen LogP contribution in [0.1, 0.15) is 15.9 Å². The van der Waals surface area contributed by atoms with Gasteiger partial charge in [0.15, 0.2) is 5.65 Å². The van der Waals surface area contributed by atoms with E-state index < -0.39 is 5.91 Å². The predicted molar refractivity (Wildman–Crippen MR) is 96.5 cm³/mol. The number of amides is 1. The van der Waals surface area contributed by atoms with Crippen molar-refractivity contribution < 1.29 is 4.79 Å². The maximum Gasteiger partial charge on any atom is 0.263 e. The van der Waals surface area contributed by atoms with Gasteiger partial charge in [-0.05, 0) is 18.2 Å². The topological polar surface area (TPSA) is 90.0 Å². The number of rotatable bonds is 4. The second-order valence-corrected chi connectivity index (χ2v) is 6.18. The Bertz CT molecular complexity index is 1080. The number of carbonyl (C=O) groups excluding carboxylic acids is 1. The van der Waals surface area contributed by atoms with E-state index in [-0.39, 0.29) is 5.95 Å². The van der Waals surface area contributed by atoms with Gasteiger partial charge in [0.1, 0.15) is 11.9 Å². The first-order valence-corrected chi connectivity index (χ1v) is 8.29. The normalized spacial score (nSPS) is 11.0. The minimum atomic E-state index is -0.396. The van der Waals surface area contributed by atoms with E-state index in [2.05, 4.69) is 25.5 Å². The predicted octanol–water partition coefficient (Wildman–Crippen LogP) is 2.93. The van der Waals surface area contributed by atoms with E-state index in [9.17, 15) is 4.79 Å². The molecule has 0 fully saturated rings. The smallest absolute Gasteiger partial charge is 0.263 e. The van der Waals surface area contributed by atoms with Gasteiger partial charge >= 0.3 is 0 Å². The van der Waals surface area contributed by atoms with E-state index in [1.165, 1.54) is 21.7 Å². The van der Waals surface area contributed by atoms with Crippen molar-refractivity contribution in [2.24, 2.45) is 0 Å². The van der Waals surface area contributed by atoms with Crippen molar-refractivity contribution >= 4 is 40.7 Å². The average molecular weight is 388 g/mol. The highest BCUT2D eigenvalue weighted by molar-refractivity contribution is 6.35. The van der Waals surface area contributed by atoms with Crippen LogP contribution in [-0.2, 0) is 6.54 Å². The molecule has 0 atom stereocenters. The molecule has 0 radical (unpaired) electrons. The molecule has 1 N–H and O–H groups in total. The molecule has 3 heterocycles. The Morgan fingerprint density at radius 3 is 2.77 bits per heavy atom. The first-order chi connectivity index (χ1) is 12.6. The summed E-state index contributed by atoms with van der Waals surface area (Å²) in [6, 6.07) is 7.00. The summed E-state index contributed by atoms with van der Waals surface area (Å²) in [4.78, 5) is 20.7. The number of hydrogen-bond acceptors (Lipinski definition) is 5. The number of carbonyl (C=O) groups is 1. The molecule has 0 aliphatic rings. The van der Waals surface area contributed by atoms with Gasteiger partial charge < -0.3 is 0 Å². The molecule has 3 aromatic heterocycles. The van der Waals surface area contributed by atoms with E-state index in [4.69, 9.17) is 23.2 Å². The molecule has 0 saturated carbocycles. The van der Waals surface area contributed by atoms with Crippen LogP contribution in [0, 0.1) is 0 Å². The maximum absolute atomic E-state index is 12.4. The molecule has 0 aliphatic heterocycles. The fourth-order valence-electron chi connectivity index (χ4n) is 2.43. The Morgan fingerprint density at radius 1 is 1.15 bits per heavy atom. The van der Waals surface area contributed by atoms with Gasteiger partial charge in [0.25, 0.3) is 5.91 Å². The van der Waals surface area contributed by atoms with Crippen LogP contribution < -0.4 is 5.32 Å². The Balaban J connectivity index is 1.52. The molecule has 1 aromatic carbocycles. The Hall–Kier alpha value is -2.97. The van der Waals surface area contributed by atoms with Crippen molar-refractivity contribution in [1.29, 1.82) is 0 Å². The number of anilines is 1. The Kier molecular flexibility index (Phi) is 4.27. The van der Waals surface area contributed by atoms with Gasteiger partial charge in [-0.1, -0.05) is 29.3 Å². The summed E-state index contributed by atoms with van der Waals surface area (Å²) in [6.45, 7) is 0.333. The van der Waals surface area contributed by atoms with Gasteiger partial charge in [-0.15, -0.1) is 5.10 Å². The number of nitrogens with zero attached hydrogens (tertiary/aromatic N) is 6. The van der Waals surface area contributed by atoms with Crippen molar-refractivity contribution in [3.8, 4) is 0 Å². The van der Waals surface area contributed by atoms with Gasteiger partial charge in [0.2, 0.25) is 5.95 Å². The molecule has 0 bridgehead atoms. The molecule has 1 amide bonds. The van der Waals surface area contributed by atoms with Crippen LogP contribution in [0.15, 0.2) is 49.2 Å². The minimum Gasteiger partial charge on any atom is -0.289 e. The van der Waals surface area contributed by atoms with Crippen LogP contribution in [0.5, 0.6) is 0 Å². The summed E-state index contributed by atoms with van der Waals surface area (Å²) in [5.41, 5.74) is 1.51. The summed E-state index contributed by atoms with van der Waals surface area (Å²) in [7, 11) is 0. The molecule has 0 unspecified atom stereocenters. The quantitative estimate of drug-likeness (QED) is 0.581. The molecular formula is C16H11Cl2N7O. The zero-order valence-corrected chi connectivity index (χ0v) is 14.7. The van der Waals surface area contributed by atoms with E-state index >= 15 is 0 Å². The second-order valence-electron chi connectivity index (χ2n) is 5.37. The van der Waals surface area contributed by atoms with Gasteiger partial charge in [0, 0.05) is 28.0 Å². The molecule has 4 rings (SSSR count). The van der Waals surface area contributed by atoms with Crippen molar-refractivity contribution in [3.05, 3.63) is 70.4 Å². The molecule has 8 nitrogen and oxygen atoms in total. The molecule has 0 aliphatic carbocycles. The maximum atomic E-state index is 12.4. The zero-order valence-electron chi connectivity index (χ0n) is 13.2. The van der Waals surface area contributed by atoms with Gasteiger partial charge in [-0.2, -0.15) is 5.10 Å². The van der Waals surface area contributed by atoms with Gasteiger partial charge in [-0.3, -0.25) is 10.1 Å². The molecule has 0 spiro atoms. The molecule has 4 aromatic rings. The SMILES string of the molecule is O=C(Nc1ncn(Cc2c(Cl)cccc2Cl)n1)c1cnn2cccnc12. The number of benzene rings is 1. The monoisotopic (exact) mass is 387 g/mol. The van der Waals surface area contributed by atoms with E-state index in [0.717, 1.165) is 5.56 Å². The van der Waals surface area contributed by atoms with Crippen molar-refractivity contribution in [2.75, 3.05) is 5.32 Å². The van der Waals surface area contributed by atoms with E-state index in [0.29, 0.717) is 27.8 Å². The summed E-state index contributed by atoms with van der Waals surface area (Å²) in [5.74, 6) is -0.235. The lowest BCUT2D eigenvalue weighted by atomic mass is 10.2. The minimum absolute atomic E-state index is 0.161. The fourth-order valence-corrected chi connectivity index (χ4v) is 2.95. The largest absolute Gasteiger partial charge is 0.289 e. The van der Waals surface area contributed by atoms with Crippen molar-refractivity contribution in [2.45, 2.75) is 6.54 Å². The fraction of sp³-hybridized carbons (Fsp3) is 0.0625. The standard InChI is InChI=1S/C16H11Cl2N7O/c17-12-3-1-4-13(18)11(12)8-24-9-20-16(23-24)22-15(26)10-7-21-25-6-2-5-19-14(10)25/h1-7,9H,8H2,(H,22,23,26). The number of halogens is 2. The Morgan fingerprint density at radius 2 is 1.96 bits per heavy atom. The third-order valence-corrected chi connectivity index (χ3v) is 4.38. The number of aromatic nitrogens is 6. The Labute approximate surface area is 157 Å². The molecule has 26 heavy (non-hydrogen) atoms. The molecule has 10 heteroatoms. The third kappa shape index (κ3) is 3.12. The van der Waals surface area contributed by atoms with E-state index in [1.54, 1.807) is 36.7 Å². The van der Waals surface area contributed by atoms with Crippen LogP contribution in [0.25, 0.3) is 5.65 Å². The lowest BCUT2D eigenvalue weighted by Gasteiger charge is -2.06. The van der Waals surface area contributed by atoms with Gasteiger partial charge in [0.05, 0.1) is 12.7 Å². The van der Waals surface area contributed by atoms with Crippen LogP contribution in [0.3, 0.4) is 0 Å².